The molecule has 3 heteroatoms. The number of carboxylic acids is 1. The number of fused-ring (bicyclic) bond motifs is 1. The van der Waals surface area contributed by atoms with Gasteiger partial charge in [-0.3, -0.25) is 4.79 Å². The van der Waals surface area contributed by atoms with Gasteiger partial charge < -0.3 is 10.4 Å². The Kier molecular flexibility index (Phi) is 2.05. The molecule has 0 spiro atoms. The van der Waals surface area contributed by atoms with E-state index in [0.29, 0.717) is 11.8 Å². The lowest BCUT2D eigenvalue weighted by Crippen LogP contribution is -2.48. The van der Waals surface area contributed by atoms with E-state index < -0.39 is 5.97 Å². The molecule has 68 valence electrons. The highest BCUT2D eigenvalue weighted by Crippen LogP contribution is 2.38. The summed E-state index contributed by atoms with van der Waals surface area (Å²) in [6.45, 7) is 0.887. The Bertz CT molecular complexity index is 193. The van der Waals surface area contributed by atoms with Gasteiger partial charge in [0.2, 0.25) is 0 Å². The zero-order chi connectivity index (χ0) is 8.55. The van der Waals surface area contributed by atoms with E-state index in [9.17, 15) is 4.79 Å². The van der Waals surface area contributed by atoms with E-state index in [4.69, 9.17) is 5.11 Å². The molecule has 1 heterocycles. The molecule has 0 aromatic carbocycles. The second-order valence-electron chi connectivity index (χ2n) is 3.91. The lowest BCUT2D eigenvalue weighted by molar-refractivity contribution is -0.142. The van der Waals surface area contributed by atoms with Gasteiger partial charge in [0.15, 0.2) is 0 Å². The summed E-state index contributed by atoms with van der Waals surface area (Å²) in [6, 6.07) is -0.258. The Hall–Kier alpha value is -0.570. The maximum absolute atomic E-state index is 10.8. The standard InChI is InChI=1S/C9H15NO2/c11-9(12)8-7-3-1-2-6(7)4-5-10-8/h6-8,10H,1-5H2,(H,11,12). The number of hydrogen-bond donors (Lipinski definition) is 2. The van der Waals surface area contributed by atoms with Gasteiger partial charge in [0.05, 0.1) is 0 Å². The molecule has 1 aliphatic heterocycles. The first-order valence-corrected chi connectivity index (χ1v) is 4.75. The van der Waals surface area contributed by atoms with Crippen molar-refractivity contribution < 1.29 is 9.90 Å². The highest BCUT2D eigenvalue weighted by molar-refractivity contribution is 5.74. The van der Waals surface area contributed by atoms with Crippen molar-refractivity contribution in [2.45, 2.75) is 31.7 Å². The summed E-state index contributed by atoms with van der Waals surface area (Å²) >= 11 is 0. The Morgan fingerprint density at radius 2 is 2.17 bits per heavy atom. The predicted octanol–water partition coefficient (Wildman–Crippen LogP) is 0.849. The van der Waals surface area contributed by atoms with Crippen LogP contribution < -0.4 is 5.32 Å². The van der Waals surface area contributed by atoms with Gasteiger partial charge in [-0.25, -0.2) is 0 Å². The first kappa shape index (κ1) is 8.05. The molecule has 3 unspecified atom stereocenters. The molecule has 0 aromatic rings. The third kappa shape index (κ3) is 1.22. The molecular formula is C9H15NO2. The Morgan fingerprint density at radius 3 is 2.92 bits per heavy atom. The normalized spacial score (nSPS) is 40.8. The van der Waals surface area contributed by atoms with Crippen LogP contribution in [0.4, 0.5) is 0 Å². The van der Waals surface area contributed by atoms with Crippen LogP contribution in [0.15, 0.2) is 0 Å². The van der Waals surface area contributed by atoms with Crippen molar-refractivity contribution in [3.63, 3.8) is 0 Å². The van der Waals surface area contributed by atoms with Crippen molar-refractivity contribution in [2.24, 2.45) is 11.8 Å². The number of aliphatic carboxylic acids is 1. The minimum Gasteiger partial charge on any atom is -0.480 e. The van der Waals surface area contributed by atoms with Gasteiger partial charge in [-0.1, -0.05) is 12.8 Å². The van der Waals surface area contributed by atoms with Crippen molar-refractivity contribution in [1.29, 1.82) is 0 Å². The van der Waals surface area contributed by atoms with Crippen LogP contribution in [0.25, 0.3) is 0 Å². The Balaban J connectivity index is 2.08. The summed E-state index contributed by atoms with van der Waals surface area (Å²) in [4.78, 5) is 10.8. The lowest BCUT2D eigenvalue weighted by Gasteiger charge is -2.31. The fourth-order valence-corrected chi connectivity index (χ4v) is 2.71. The third-order valence-corrected chi connectivity index (χ3v) is 3.29. The van der Waals surface area contributed by atoms with Crippen LogP contribution in [-0.2, 0) is 4.79 Å². The molecule has 0 aromatic heterocycles. The van der Waals surface area contributed by atoms with E-state index >= 15 is 0 Å². The Morgan fingerprint density at radius 1 is 1.33 bits per heavy atom. The summed E-state index contributed by atoms with van der Waals surface area (Å²) in [5, 5.41) is 12.0. The average molecular weight is 169 g/mol. The van der Waals surface area contributed by atoms with E-state index in [1.807, 2.05) is 0 Å². The second kappa shape index (κ2) is 3.05. The molecule has 2 fully saturated rings. The van der Waals surface area contributed by atoms with Crippen molar-refractivity contribution in [3.8, 4) is 0 Å². The first-order valence-electron chi connectivity index (χ1n) is 4.75. The minimum absolute atomic E-state index is 0.258. The van der Waals surface area contributed by atoms with Gasteiger partial charge in [-0.05, 0) is 31.2 Å². The molecule has 1 aliphatic carbocycles. The van der Waals surface area contributed by atoms with Crippen LogP contribution in [0.1, 0.15) is 25.7 Å². The van der Waals surface area contributed by atoms with Crippen molar-refractivity contribution in [1.82, 2.24) is 5.32 Å². The topological polar surface area (TPSA) is 49.3 Å². The largest absolute Gasteiger partial charge is 0.480 e. The molecular weight excluding hydrogens is 154 g/mol. The molecule has 12 heavy (non-hydrogen) atoms. The number of hydrogen-bond acceptors (Lipinski definition) is 2. The summed E-state index contributed by atoms with van der Waals surface area (Å²) in [5.74, 6) is 0.440. The predicted molar refractivity (Wildman–Crippen MR) is 44.9 cm³/mol. The lowest BCUT2D eigenvalue weighted by atomic mass is 9.83. The summed E-state index contributed by atoms with van der Waals surface area (Å²) in [7, 11) is 0. The zero-order valence-electron chi connectivity index (χ0n) is 7.12. The quantitative estimate of drug-likeness (QED) is 0.611. The molecule has 3 nitrogen and oxygen atoms in total. The number of nitrogens with one attached hydrogen (secondary N) is 1. The highest BCUT2D eigenvalue weighted by atomic mass is 16.4. The summed E-state index contributed by atoms with van der Waals surface area (Å²) in [5.41, 5.74) is 0. The number of rotatable bonds is 1. The molecule has 3 atom stereocenters. The van der Waals surface area contributed by atoms with E-state index in [0.717, 1.165) is 13.0 Å². The van der Waals surface area contributed by atoms with E-state index in [-0.39, 0.29) is 6.04 Å². The van der Waals surface area contributed by atoms with Gasteiger partial charge in [-0.15, -0.1) is 0 Å². The molecule has 2 N–H and O–H groups in total. The fraction of sp³-hybridized carbons (Fsp3) is 0.889. The van der Waals surface area contributed by atoms with E-state index in [1.165, 1.54) is 19.3 Å². The molecule has 0 bridgehead atoms. The zero-order valence-corrected chi connectivity index (χ0v) is 7.12. The van der Waals surface area contributed by atoms with Crippen LogP contribution in [-0.4, -0.2) is 23.7 Å². The van der Waals surface area contributed by atoms with Gasteiger partial charge in [-0.2, -0.15) is 0 Å². The maximum Gasteiger partial charge on any atom is 0.320 e. The number of carboxylic acid groups (broad SMARTS) is 1. The van der Waals surface area contributed by atoms with Crippen LogP contribution >= 0.6 is 0 Å². The average Bonchev–Trinajstić information content (AvgIpc) is 2.49. The summed E-state index contributed by atoms with van der Waals surface area (Å²) in [6.07, 6.45) is 4.75. The van der Waals surface area contributed by atoms with Gasteiger partial charge in [0.25, 0.3) is 0 Å². The fourth-order valence-electron chi connectivity index (χ4n) is 2.71. The molecule has 2 aliphatic rings. The molecule has 0 radical (unpaired) electrons. The molecule has 0 amide bonds. The first-order chi connectivity index (χ1) is 5.79. The smallest absolute Gasteiger partial charge is 0.320 e. The molecule has 1 saturated heterocycles. The van der Waals surface area contributed by atoms with Crippen molar-refractivity contribution in [3.05, 3.63) is 0 Å². The van der Waals surface area contributed by atoms with Crippen LogP contribution in [0, 0.1) is 11.8 Å². The van der Waals surface area contributed by atoms with Gasteiger partial charge >= 0.3 is 5.97 Å². The maximum atomic E-state index is 10.8. The SMILES string of the molecule is O=C(O)C1NCCC2CCCC21. The highest BCUT2D eigenvalue weighted by Gasteiger charge is 2.39. The van der Waals surface area contributed by atoms with Crippen LogP contribution in [0.2, 0.25) is 0 Å². The van der Waals surface area contributed by atoms with E-state index in [1.54, 1.807) is 0 Å². The summed E-state index contributed by atoms with van der Waals surface area (Å²) < 4.78 is 0. The van der Waals surface area contributed by atoms with Gasteiger partial charge in [0.1, 0.15) is 6.04 Å². The van der Waals surface area contributed by atoms with Crippen molar-refractivity contribution >= 4 is 5.97 Å². The monoisotopic (exact) mass is 169 g/mol. The Labute approximate surface area is 72.2 Å². The number of piperidine rings is 1. The van der Waals surface area contributed by atoms with Crippen LogP contribution in [0.3, 0.4) is 0 Å². The second-order valence-corrected chi connectivity index (χ2v) is 3.91. The third-order valence-electron chi connectivity index (χ3n) is 3.29. The minimum atomic E-state index is -0.661. The van der Waals surface area contributed by atoms with Crippen LogP contribution in [0.5, 0.6) is 0 Å². The van der Waals surface area contributed by atoms with Gasteiger partial charge in [0, 0.05) is 0 Å². The molecule has 2 rings (SSSR count). The number of carbonyl (C=O) groups is 1. The molecule has 1 saturated carbocycles. The van der Waals surface area contributed by atoms with E-state index in [2.05, 4.69) is 5.32 Å². The van der Waals surface area contributed by atoms with Crippen molar-refractivity contribution in [2.75, 3.05) is 6.54 Å².